The Labute approximate surface area is 206 Å². The van der Waals surface area contributed by atoms with Gasteiger partial charge in [-0.1, -0.05) is 26.0 Å². The van der Waals surface area contributed by atoms with Crippen LogP contribution in [0.1, 0.15) is 65.9 Å². The van der Waals surface area contributed by atoms with E-state index in [2.05, 4.69) is 16.0 Å². The Kier molecular flexibility index (Phi) is 9.91. The number of carbonyl (C=O) groups is 4. The van der Waals surface area contributed by atoms with Crippen LogP contribution in [0.25, 0.3) is 0 Å². The van der Waals surface area contributed by atoms with Gasteiger partial charge in [0.25, 0.3) is 0 Å². The molecule has 1 aliphatic rings. The van der Waals surface area contributed by atoms with Crippen molar-refractivity contribution in [3.05, 3.63) is 23.8 Å². The summed E-state index contributed by atoms with van der Waals surface area (Å²) in [4.78, 5) is 50.3. The third kappa shape index (κ3) is 8.63. The minimum absolute atomic E-state index is 0.00916. The van der Waals surface area contributed by atoms with Gasteiger partial charge in [0.05, 0.1) is 17.4 Å². The van der Waals surface area contributed by atoms with Gasteiger partial charge in [-0.3, -0.25) is 14.4 Å². The number of hydrogen-bond acceptors (Lipinski definition) is 5. The van der Waals surface area contributed by atoms with E-state index < -0.39 is 23.7 Å². The molecular formula is C25H36ClN3O5. The smallest absolute Gasteiger partial charge is 0.408 e. The molecule has 1 aromatic carbocycles. The van der Waals surface area contributed by atoms with Gasteiger partial charge in [0.15, 0.2) is 5.78 Å². The zero-order valence-corrected chi connectivity index (χ0v) is 21.4. The minimum atomic E-state index is -0.739. The number of halogens is 1. The summed E-state index contributed by atoms with van der Waals surface area (Å²) in [5.41, 5.74) is 1.24. The molecule has 1 aromatic rings. The Bertz CT molecular complexity index is 910. The van der Waals surface area contributed by atoms with Crippen LogP contribution in [0.5, 0.6) is 0 Å². The largest absolute Gasteiger partial charge is 0.444 e. The summed E-state index contributed by atoms with van der Waals surface area (Å²) in [7, 11) is 0. The number of benzene rings is 1. The highest BCUT2D eigenvalue weighted by Crippen LogP contribution is 2.34. The van der Waals surface area contributed by atoms with Crippen molar-refractivity contribution >= 4 is 46.7 Å². The van der Waals surface area contributed by atoms with Crippen molar-refractivity contribution in [2.45, 2.75) is 78.4 Å². The lowest BCUT2D eigenvalue weighted by Gasteiger charge is -2.28. The maximum Gasteiger partial charge on any atom is 0.408 e. The highest BCUT2D eigenvalue weighted by atomic mass is 35.5. The molecule has 34 heavy (non-hydrogen) atoms. The topological polar surface area (TPSA) is 114 Å². The second-order valence-corrected chi connectivity index (χ2v) is 10.4. The number of alkyl halides is 1. The fraction of sp³-hybridized carbons (Fsp3) is 0.600. The van der Waals surface area contributed by atoms with Gasteiger partial charge in [0.1, 0.15) is 5.60 Å². The average Bonchev–Trinajstić information content (AvgIpc) is 2.71. The number of ether oxygens (including phenoxy) is 1. The molecular weight excluding hydrogens is 458 g/mol. The highest BCUT2D eigenvalue weighted by Gasteiger charge is 2.33. The van der Waals surface area contributed by atoms with Crippen molar-refractivity contribution in [3.8, 4) is 0 Å². The molecule has 8 nitrogen and oxygen atoms in total. The first-order chi connectivity index (χ1) is 15.9. The molecule has 0 saturated heterocycles. The number of fused-ring (bicyclic) bond motifs is 1. The monoisotopic (exact) mass is 493 g/mol. The molecule has 1 aliphatic heterocycles. The average molecular weight is 494 g/mol. The van der Waals surface area contributed by atoms with Crippen molar-refractivity contribution in [1.29, 1.82) is 0 Å². The Balaban J connectivity index is 2.10. The Morgan fingerprint density at radius 1 is 1.24 bits per heavy atom. The normalized spacial score (nSPS) is 16.3. The molecule has 0 fully saturated rings. The van der Waals surface area contributed by atoms with Gasteiger partial charge in [-0.15, -0.1) is 11.6 Å². The van der Waals surface area contributed by atoms with E-state index in [4.69, 9.17) is 16.3 Å². The van der Waals surface area contributed by atoms with Crippen LogP contribution in [0.3, 0.4) is 0 Å². The maximum absolute atomic E-state index is 13.1. The molecule has 1 heterocycles. The molecule has 3 N–H and O–H groups in total. The van der Waals surface area contributed by atoms with Gasteiger partial charge in [-0.05, 0) is 57.6 Å². The summed E-state index contributed by atoms with van der Waals surface area (Å²) >= 11 is 5.65. The number of amides is 3. The summed E-state index contributed by atoms with van der Waals surface area (Å²) in [6.45, 7) is 9.19. The molecule has 0 saturated carbocycles. The number of Topliss-reactive ketones (excluding diaryl/α,β-unsaturated/α-hetero) is 1. The van der Waals surface area contributed by atoms with Crippen LogP contribution in [-0.2, 0) is 25.5 Å². The molecule has 0 bridgehead atoms. The fourth-order valence-corrected chi connectivity index (χ4v) is 3.92. The first-order valence-corrected chi connectivity index (χ1v) is 12.2. The van der Waals surface area contributed by atoms with E-state index >= 15 is 0 Å². The minimum Gasteiger partial charge on any atom is -0.444 e. The number of anilines is 2. The van der Waals surface area contributed by atoms with E-state index in [1.807, 2.05) is 19.9 Å². The molecule has 2 rings (SSSR count). The lowest BCUT2D eigenvalue weighted by Crippen LogP contribution is -2.45. The molecule has 0 aromatic heterocycles. The highest BCUT2D eigenvalue weighted by molar-refractivity contribution is 6.18. The zero-order chi connectivity index (χ0) is 25.5. The second-order valence-electron chi connectivity index (χ2n) is 10.1. The Morgan fingerprint density at radius 2 is 1.94 bits per heavy atom. The van der Waals surface area contributed by atoms with Gasteiger partial charge in [-0.2, -0.15) is 0 Å². The third-order valence-corrected chi connectivity index (χ3v) is 5.55. The van der Waals surface area contributed by atoms with Gasteiger partial charge in [-0.25, -0.2) is 4.79 Å². The number of nitrogens with one attached hydrogen (secondary N) is 3. The second kappa shape index (κ2) is 12.2. The lowest BCUT2D eigenvalue weighted by atomic mass is 9.86. The van der Waals surface area contributed by atoms with Crippen LogP contribution in [0, 0.1) is 11.8 Å². The van der Waals surface area contributed by atoms with Crippen molar-refractivity contribution in [2.75, 3.05) is 16.5 Å². The van der Waals surface area contributed by atoms with Crippen molar-refractivity contribution in [1.82, 2.24) is 5.32 Å². The molecule has 3 amide bonds. The van der Waals surface area contributed by atoms with Crippen LogP contribution in [0.15, 0.2) is 18.2 Å². The summed E-state index contributed by atoms with van der Waals surface area (Å²) in [6.07, 6.45) is 0.999. The fourth-order valence-electron chi connectivity index (χ4n) is 3.79. The number of rotatable bonds is 10. The summed E-state index contributed by atoms with van der Waals surface area (Å²) in [5.74, 6) is -0.692. The van der Waals surface area contributed by atoms with Crippen LogP contribution < -0.4 is 16.0 Å². The van der Waals surface area contributed by atoms with Crippen molar-refractivity contribution in [2.24, 2.45) is 11.8 Å². The van der Waals surface area contributed by atoms with Crippen LogP contribution in [0.2, 0.25) is 0 Å². The number of ketones is 1. The summed E-state index contributed by atoms with van der Waals surface area (Å²) < 4.78 is 5.30. The van der Waals surface area contributed by atoms with Gasteiger partial charge in [0.2, 0.25) is 11.8 Å². The van der Waals surface area contributed by atoms with Crippen LogP contribution in [-0.4, -0.2) is 41.2 Å². The van der Waals surface area contributed by atoms with Gasteiger partial charge >= 0.3 is 6.09 Å². The number of para-hydroxylation sites is 1. The molecule has 0 radical (unpaired) electrons. The molecule has 9 heteroatoms. The summed E-state index contributed by atoms with van der Waals surface area (Å²) in [5, 5.41) is 8.35. The van der Waals surface area contributed by atoms with E-state index in [1.165, 1.54) is 0 Å². The SMILES string of the molecule is CC(C)C[C@@H](NC(=O)OC(C)(C)C)C(=O)CC1Cc2cccc(NC(=O)CCCCl)c2NC1=O. The maximum atomic E-state index is 13.1. The van der Waals surface area contributed by atoms with Crippen LogP contribution >= 0.6 is 11.6 Å². The van der Waals surface area contributed by atoms with E-state index in [9.17, 15) is 19.2 Å². The van der Waals surface area contributed by atoms with Crippen molar-refractivity contribution in [3.63, 3.8) is 0 Å². The van der Waals surface area contributed by atoms with E-state index in [1.54, 1.807) is 32.9 Å². The van der Waals surface area contributed by atoms with Gasteiger partial charge in [0, 0.05) is 24.6 Å². The lowest BCUT2D eigenvalue weighted by molar-refractivity contribution is -0.127. The summed E-state index contributed by atoms with van der Waals surface area (Å²) in [6, 6.07) is 4.66. The van der Waals surface area contributed by atoms with Gasteiger partial charge < -0.3 is 20.7 Å². The standard InChI is InChI=1S/C25H36ClN3O5/c1-15(2)12-19(28-24(33)34-25(3,4)5)20(30)14-17-13-16-8-6-9-18(22(16)29-23(17)32)27-21(31)10-7-11-26/h6,8-9,15,17,19H,7,10-14H2,1-5H3,(H,27,31)(H,28,33)(H,29,32)/t17?,19-/m1/s1. The predicted molar refractivity (Wildman–Crippen MR) is 133 cm³/mol. The molecule has 0 aliphatic carbocycles. The first kappa shape index (κ1) is 27.6. The molecule has 2 atom stereocenters. The first-order valence-electron chi connectivity index (χ1n) is 11.7. The van der Waals surface area contributed by atoms with Crippen LogP contribution in [0.4, 0.5) is 16.2 Å². The zero-order valence-electron chi connectivity index (χ0n) is 20.6. The number of alkyl carbamates (subject to hydrolysis) is 1. The van der Waals surface area contributed by atoms with Crippen molar-refractivity contribution < 1.29 is 23.9 Å². The Morgan fingerprint density at radius 3 is 2.56 bits per heavy atom. The predicted octanol–water partition coefficient (Wildman–Crippen LogP) is 4.65. The van der Waals surface area contributed by atoms with E-state index in [-0.39, 0.29) is 29.9 Å². The van der Waals surface area contributed by atoms with E-state index in [0.29, 0.717) is 42.9 Å². The number of hydrogen-bond donors (Lipinski definition) is 3. The third-order valence-electron chi connectivity index (χ3n) is 5.28. The molecule has 188 valence electrons. The molecule has 0 spiro atoms. The Hall–Kier alpha value is -2.61. The quantitative estimate of drug-likeness (QED) is 0.410. The number of carbonyl (C=O) groups excluding carboxylic acids is 4. The van der Waals surface area contributed by atoms with E-state index in [0.717, 1.165) is 5.56 Å². The molecule has 1 unspecified atom stereocenters.